The van der Waals surface area contributed by atoms with Gasteiger partial charge in [-0.05, 0) is 89.6 Å². The number of nitrogens with one attached hydrogen (secondary N) is 1. The Morgan fingerprint density at radius 2 is 1.46 bits per heavy atom. The van der Waals surface area contributed by atoms with Crippen LogP contribution in [0.15, 0.2) is 127 Å². The summed E-state index contributed by atoms with van der Waals surface area (Å²) in [6.45, 7) is 11.8. The van der Waals surface area contributed by atoms with Crippen LogP contribution in [0.2, 0.25) is 18.1 Å². The molecule has 1 aliphatic rings. The van der Waals surface area contributed by atoms with Crippen LogP contribution in [-0.4, -0.2) is 27.4 Å². The summed E-state index contributed by atoms with van der Waals surface area (Å²) in [7, 11) is -0.632. The topological polar surface area (TPSA) is 86.3 Å². The zero-order valence-corrected chi connectivity index (χ0v) is 34.7. The van der Waals surface area contributed by atoms with Crippen molar-refractivity contribution < 1.29 is 32.6 Å². The minimum absolute atomic E-state index is 0.00891. The monoisotopic (exact) mass is 788 g/mol. The molecule has 0 spiro atoms. The fourth-order valence-electron chi connectivity index (χ4n) is 6.78. The molecule has 5 aromatic carbocycles. The van der Waals surface area contributed by atoms with Crippen molar-refractivity contribution in [2.45, 2.75) is 83.6 Å². The zero-order chi connectivity index (χ0) is 40.6. The number of carbonyl (C=O) groups excluding carboxylic acids is 2. The number of hydrogen-bond donors (Lipinski definition) is 1. The van der Waals surface area contributed by atoms with Gasteiger partial charge in [-0.2, -0.15) is 0 Å². The molecule has 1 fully saturated rings. The van der Waals surface area contributed by atoms with Gasteiger partial charge < -0.3 is 28.9 Å². The lowest BCUT2D eigenvalue weighted by atomic mass is 9.78. The molecule has 6 rings (SSSR count). The SMILES string of the molecule is COc1ccc([C@@H]2C(CC[C@H](O[Si](C)(C)C(C)(C)C)c3ccc(F)cc3)C(=O)N2c2ccc(CNC(=O)OCc3ccccc3)cc2)c(OCc2ccccc2)c1. The number of nitrogens with zero attached hydrogens (tertiary/aromatic N) is 1. The lowest BCUT2D eigenvalue weighted by Gasteiger charge is -2.48. The second-order valence-corrected chi connectivity index (χ2v) is 20.8. The van der Waals surface area contributed by atoms with E-state index < -0.39 is 14.4 Å². The second kappa shape index (κ2) is 18.2. The number of carbonyl (C=O) groups is 2. The van der Waals surface area contributed by atoms with E-state index in [1.807, 2.05) is 108 Å². The highest BCUT2D eigenvalue weighted by Gasteiger charge is 2.50. The van der Waals surface area contributed by atoms with E-state index in [2.05, 4.69) is 39.2 Å². The van der Waals surface area contributed by atoms with Crippen molar-refractivity contribution in [3.8, 4) is 11.5 Å². The highest BCUT2D eigenvalue weighted by molar-refractivity contribution is 6.74. The van der Waals surface area contributed by atoms with Gasteiger partial charge >= 0.3 is 6.09 Å². The van der Waals surface area contributed by atoms with Crippen LogP contribution < -0.4 is 19.7 Å². The van der Waals surface area contributed by atoms with E-state index >= 15 is 0 Å². The number of β-lactam (4-membered cyclic amide) rings is 1. The minimum atomic E-state index is -2.25. The van der Waals surface area contributed by atoms with Crippen LogP contribution in [0.1, 0.15) is 73.6 Å². The first kappa shape index (κ1) is 41.2. The predicted molar refractivity (Wildman–Crippen MR) is 224 cm³/mol. The third kappa shape index (κ3) is 10.3. The van der Waals surface area contributed by atoms with Crippen LogP contribution in [0.5, 0.6) is 11.5 Å². The third-order valence-corrected chi connectivity index (χ3v) is 15.6. The molecule has 8 nitrogen and oxygen atoms in total. The van der Waals surface area contributed by atoms with Crippen LogP contribution in [0.4, 0.5) is 14.9 Å². The number of ether oxygens (including phenoxy) is 3. The fraction of sp³-hybridized carbons (Fsp3) is 0.319. The highest BCUT2D eigenvalue weighted by atomic mass is 28.4. The summed E-state index contributed by atoms with van der Waals surface area (Å²) in [4.78, 5) is 28.7. The molecular weight excluding hydrogens is 736 g/mol. The standard InChI is InChI=1S/C47H53FN2O6Si/c1-47(2,3)57(5,6)56-42(36-19-21-37(48)22-20-36)28-27-41-44(40-26-25-39(53-4)29-43(40)54-31-34-13-9-7-10-14-34)50(45(41)51)38-23-17-33(18-24-38)30-49-46(52)55-32-35-15-11-8-12-16-35/h7-26,29,41-42,44H,27-28,30-32H2,1-6H3,(H,49,52)/t41?,42-,44+/m0/s1. The molecule has 0 bridgehead atoms. The summed E-state index contributed by atoms with van der Waals surface area (Å²) < 4.78 is 38.5. The van der Waals surface area contributed by atoms with E-state index in [1.54, 1.807) is 19.2 Å². The molecule has 5 aromatic rings. The average molecular weight is 789 g/mol. The van der Waals surface area contributed by atoms with Crippen molar-refractivity contribution in [1.82, 2.24) is 5.32 Å². The van der Waals surface area contributed by atoms with Crippen molar-refractivity contribution in [1.29, 1.82) is 0 Å². The number of benzene rings is 5. The molecule has 57 heavy (non-hydrogen) atoms. The van der Waals surface area contributed by atoms with Gasteiger partial charge in [0, 0.05) is 23.9 Å². The lowest BCUT2D eigenvalue weighted by Crippen LogP contribution is -2.55. The van der Waals surface area contributed by atoms with Gasteiger partial charge in [0.15, 0.2) is 8.32 Å². The second-order valence-electron chi connectivity index (χ2n) is 16.0. The quantitative estimate of drug-likeness (QED) is 0.0791. The van der Waals surface area contributed by atoms with Gasteiger partial charge in [-0.3, -0.25) is 4.79 Å². The number of methoxy groups -OCH3 is 1. The van der Waals surface area contributed by atoms with Gasteiger partial charge in [0.25, 0.3) is 0 Å². The lowest BCUT2D eigenvalue weighted by molar-refractivity contribution is -0.131. The Hall–Kier alpha value is -5.45. The Balaban J connectivity index is 1.26. The highest BCUT2D eigenvalue weighted by Crippen LogP contribution is 2.50. The number of alkyl carbamates (subject to hydrolysis) is 1. The molecular formula is C47H53FN2O6Si. The Morgan fingerprint density at radius 3 is 2.07 bits per heavy atom. The van der Waals surface area contributed by atoms with Crippen LogP contribution >= 0.6 is 0 Å². The van der Waals surface area contributed by atoms with E-state index in [0.717, 1.165) is 33.5 Å². The zero-order valence-electron chi connectivity index (χ0n) is 33.7. The largest absolute Gasteiger partial charge is 0.497 e. The molecule has 10 heteroatoms. The summed E-state index contributed by atoms with van der Waals surface area (Å²) in [6.07, 6.45) is 0.279. The van der Waals surface area contributed by atoms with Crippen molar-refractivity contribution in [3.63, 3.8) is 0 Å². The summed E-state index contributed by atoms with van der Waals surface area (Å²) >= 11 is 0. The van der Waals surface area contributed by atoms with Gasteiger partial charge in [0.2, 0.25) is 5.91 Å². The Kier molecular flexibility index (Phi) is 13.2. The summed E-state index contributed by atoms with van der Waals surface area (Å²) in [5, 5.41) is 2.76. The van der Waals surface area contributed by atoms with E-state index in [4.69, 9.17) is 18.6 Å². The Bertz CT molecular complexity index is 2090. The number of halogens is 1. The van der Waals surface area contributed by atoms with Crippen LogP contribution in [0.3, 0.4) is 0 Å². The van der Waals surface area contributed by atoms with Gasteiger partial charge in [-0.25, -0.2) is 9.18 Å². The Morgan fingerprint density at radius 1 is 0.825 bits per heavy atom. The maximum absolute atomic E-state index is 14.4. The van der Waals surface area contributed by atoms with Crippen LogP contribution in [-0.2, 0) is 33.7 Å². The van der Waals surface area contributed by atoms with E-state index in [1.165, 1.54) is 12.1 Å². The van der Waals surface area contributed by atoms with E-state index in [-0.39, 0.29) is 48.0 Å². The molecule has 298 valence electrons. The van der Waals surface area contributed by atoms with Crippen molar-refractivity contribution in [3.05, 3.63) is 161 Å². The summed E-state index contributed by atoms with van der Waals surface area (Å²) in [5.74, 6) is 0.582. The molecule has 1 heterocycles. The third-order valence-electron chi connectivity index (χ3n) is 11.1. The molecule has 1 saturated heterocycles. The van der Waals surface area contributed by atoms with Gasteiger partial charge in [0.1, 0.15) is 30.5 Å². The van der Waals surface area contributed by atoms with E-state index in [9.17, 15) is 14.0 Å². The number of hydrogen-bond acceptors (Lipinski definition) is 6. The fourth-order valence-corrected chi connectivity index (χ4v) is 8.10. The van der Waals surface area contributed by atoms with Gasteiger partial charge in [-0.15, -0.1) is 0 Å². The molecule has 0 radical (unpaired) electrons. The number of amides is 2. The predicted octanol–water partition coefficient (Wildman–Crippen LogP) is 11.1. The first-order valence-corrected chi connectivity index (χ1v) is 22.4. The van der Waals surface area contributed by atoms with Crippen molar-refractivity contribution in [2.75, 3.05) is 12.0 Å². The summed E-state index contributed by atoms with van der Waals surface area (Å²) in [6, 6.07) is 39.0. The molecule has 0 aromatic heterocycles. The number of rotatable bonds is 16. The van der Waals surface area contributed by atoms with Crippen molar-refractivity contribution >= 4 is 26.0 Å². The van der Waals surface area contributed by atoms with Crippen LogP contribution in [0.25, 0.3) is 0 Å². The van der Waals surface area contributed by atoms with Gasteiger partial charge in [-0.1, -0.05) is 106 Å². The smallest absolute Gasteiger partial charge is 0.407 e. The summed E-state index contributed by atoms with van der Waals surface area (Å²) in [5.41, 5.74) is 5.27. The molecule has 3 atom stereocenters. The van der Waals surface area contributed by atoms with Crippen molar-refractivity contribution in [2.24, 2.45) is 5.92 Å². The minimum Gasteiger partial charge on any atom is -0.497 e. The van der Waals surface area contributed by atoms with Crippen LogP contribution in [0, 0.1) is 11.7 Å². The first-order chi connectivity index (χ1) is 27.3. The average Bonchev–Trinajstić information content (AvgIpc) is 3.21. The Labute approximate surface area is 337 Å². The molecule has 0 saturated carbocycles. The molecule has 2 amide bonds. The van der Waals surface area contributed by atoms with Gasteiger partial charge in [0.05, 0.1) is 25.2 Å². The maximum Gasteiger partial charge on any atom is 0.407 e. The molecule has 1 aliphatic heterocycles. The molecule has 1 unspecified atom stereocenters. The normalized spacial score (nSPS) is 16.1. The molecule has 0 aliphatic carbocycles. The first-order valence-electron chi connectivity index (χ1n) is 19.5. The number of anilines is 1. The molecule has 1 N–H and O–H groups in total. The van der Waals surface area contributed by atoms with E-state index in [0.29, 0.717) is 30.9 Å². The maximum atomic E-state index is 14.4.